The van der Waals surface area contributed by atoms with E-state index in [4.69, 9.17) is 0 Å². The first-order chi connectivity index (χ1) is 10.0. The van der Waals surface area contributed by atoms with E-state index >= 15 is 0 Å². The molecule has 1 aliphatic heterocycles. The van der Waals surface area contributed by atoms with Crippen molar-refractivity contribution >= 4 is 5.91 Å². The van der Waals surface area contributed by atoms with Gasteiger partial charge in [-0.15, -0.1) is 0 Å². The molecule has 1 saturated heterocycles. The lowest BCUT2D eigenvalue weighted by Crippen LogP contribution is -2.42. The van der Waals surface area contributed by atoms with Gasteiger partial charge in [-0.3, -0.25) is 4.79 Å². The van der Waals surface area contributed by atoms with Crippen molar-refractivity contribution in [3.05, 3.63) is 29.8 Å². The number of nitrogens with one attached hydrogen (secondary N) is 2. The molecular weight excluding hydrogens is 278 g/mol. The van der Waals surface area contributed by atoms with E-state index in [1.165, 1.54) is 12.1 Å². The van der Waals surface area contributed by atoms with Gasteiger partial charge in [0, 0.05) is 18.5 Å². The molecule has 1 aromatic rings. The summed E-state index contributed by atoms with van der Waals surface area (Å²) >= 11 is 0. The van der Waals surface area contributed by atoms with Crippen molar-refractivity contribution in [2.45, 2.75) is 39.0 Å². The molecule has 1 aliphatic rings. The summed E-state index contributed by atoms with van der Waals surface area (Å²) in [5, 5.41) is 6.20. The molecule has 1 heterocycles. The van der Waals surface area contributed by atoms with E-state index in [-0.39, 0.29) is 17.6 Å². The standard InChI is InChI=1S/C15H20F2N2O2/c1-10-8-12(6-7-18-10)14(20)19-9-11-2-4-13(5-3-11)21-15(16)17/h2-5,10,12,15,18H,6-9H2,1H3,(H,19,20)/t10-,12-/m0/s1. The van der Waals surface area contributed by atoms with Gasteiger partial charge in [-0.25, -0.2) is 0 Å². The van der Waals surface area contributed by atoms with Crippen LogP contribution in [-0.2, 0) is 11.3 Å². The van der Waals surface area contributed by atoms with Gasteiger partial charge in [-0.1, -0.05) is 12.1 Å². The lowest BCUT2D eigenvalue weighted by Gasteiger charge is -2.27. The van der Waals surface area contributed by atoms with Crippen molar-refractivity contribution in [1.29, 1.82) is 0 Å². The third-order valence-electron chi connectivity index (χ3n) is 3.61. The fraction of sp³-hybridized carbons (Fsp3) is 0.533. The Morgan fingerprint density at radius 3 is 2.76 bits per heavy atom. The summed E-state index contributed by atoms with van der Waals surface area (Å²) in [6.45, 7) is 0.504. The molecule has 0 radical (unpaired) electrons. The predicted octanol–water partition coefficient (Wildman–Crippen LogP) is 2.29. The fourth-order valence-corrected chi connectivity index (χ4v) is 2.49. The Labute approximate surface area is 122 Å². The second kappa shape index (κ2) is 7.36. The van der Waals surface area contributed by atoms with Gasteiger partial charge in [-0.2, -0.15) is 8.78 Å². The molecule has 0 bridgehead atoms. The Morgan fingerprint density at radius 2 is 2.14 bits per heavy atom. The van der Waals surface area contributed by atoms with Crippen LogP contribution in [0.1, 0.15) is 25.3 Å². The Hall–Kier alpha value is -1.69. The molecule has 6 heteroatoms. The van der Waals surface area contributed by atoms with Crippen LogP contribution in [0.2, 0.25) is 0 Å². The lowest BCUT2D eigenvalue weighted by molar-refractivity contribution is -0.126. The van der Waals surface area contributed by atoms with Crippen LogP contribution in [0.25, 0.3) is 0 Å². The zero-order chi connectivity index (χ0) is 15.2. The highest BCUT2D eigenvalue weighted by molar-refractivity contribution is 5.78. The highest BCUT2D eigenvalue weighted by Gasteiger charge is 2.24. The Morgan fingerprint density at radius 1 is 1.43 bits per heavy atom. The van der Waals surface area contributed by atoms with Gasteiger partial charge in [0.2, 0.25) is 5.91 Å². The van der Waals surface area contributed by atoms with E-state index in [1.807, 2.05) is 0 Å². The number of benzene rings is 1. The molecule has 2 N–H and O–H groups in total. The molecule has 2 atom stereocenters. The molecule has 1 fully saturated rings. The number of piperidine rings is 1. The summed E-state index contributed by atoms with van der Waals surface area (Å²) in [7, 11) is 0. The lowest BCUT2D eigenvalue weighted by atomic mass is 9.92. The SMILES string of the molecule is C[C@H]1C[C@@H](C(=O)NCc2ccc(OC(F)F)cc2)CCN1. The zero-order valence-electron chi connectivity index (χ0n) is 11.9. The van der Waals surface area contributed by atoms with E-state index in [1.54, 1.807) is 12.1 Å². The quantitative estimate of drug-likeness (QED) is 0.877. The summed E-state index contributed by atoms with van der Waals surface area (Å²) in [5.41, 5.74) is 0.854. The molecule has 0 aliphatic carbocycles. The molecule has 2 rings (SSSR count). The Balaban J connectivity index is 1.80. The topological polar surface area (TPSA) is 50.4 Å². The van der Waals surface area contributed by atoms with Crippen molar-refractivity contribution in [3.63, 3.8) is 0 Å². The molecule has 4 nitrogen and oxygen atoms in total. The van der Waals surface area contributed by atoms with Crippen LogP contribution in [0, 0.1) is 5.92 Å². The van der Waals surface area contributed by atoms with Gasteiger partial charge >= 0.3 is 6.61 Å². The van der Waals surface area contributed by atoms with Crippen molar-refractivity contribution in [2.24, 2.45) is 5.92 Å². The second-order valence-electron chi connectivity index (χ2n) is 5.32. The number of halogens is 2. The number of ether oxygens (including phenoxy) is 1. The maximum Gasteiger partial charge on any atom is 0.387 e. The van der Waals surface area contributed by atoms with Gasteiger partial charge in [0.15, 0.2) is 0 Å². The largest absolute Gasteiger partial charge is 0.435 e. The van der Waals surface area contributed by atoms with E-state index in [2.05, 4.69) is 22.3 Å². The Bertz CT molecular complexity index is 465. The molecule has 1 amide bonds. The normalized spacial score (nSPS) is 22.1. The summed E-state index contributed by atoms with van der Waals surface area (Å²) in [5.74, 6) is 0.214. The number of rotatable bonds is 5. The number of carbonyl (C=O) groups is 1. The van der Waals surface area contributed by atoms with Crippen LogP contribution >= 0.6 is 0 Å². The second-order valence-corrected chi connectivity index (χ2v) is 5.32. The first-order valence-corrected chi connectivity index (χ1v) is 7.09. The highest BCUT2D eigenvalue weighted by atomic mass is 19.3. The van der Waals surface area contributed by atoms with Gasteiger partial charge < -0.3 is 15.4 Å². The summed E-state index contributed by atoms with van der Waals surface area (Å²) in [6.07, 6.45) is 1.68. The van der Waals surface area contributed by atoms with Crippen molar-refractivity contribution < 1.29 is 18.3 Å². The maximum atomic E-state index is 12.1. The Kier molecular flexibility index (Phi) is 5.50. The number of hydrogen-bond donors (Lipinski definition) is 2. The number of carbonyl (C=O) groups excluding carboxylic acids is 1. The third-order valence-corrected chi connectivity index (χ3v) is 3.61. The van der Waals surface area contributed by atoms with Crippen LogP contribution in [0.4, 0.5) is 8.78 Å². The van der Waals surface area contributed by atoms with E-state index in [9.17, 15) is 13.6 Å². The van der Waals surface area contributed by atoms with Gasteiger partial charge in [0.05, 0.1) is 0 Å². The van der Waals surface area contributed by atoms with Crippen LogP contribution in [0.5, 0.6) is 5.75 Å². The van der Waals surface area contributed by atoms with Crippen LogP contribution in [0.15, 0.2) is 24.3 Å². The van der Waals surface area contributed by atoms with Gasteiger partial charge in [-0.05, 0) is 44.0 Å². The van der Waals surface area contributed by atoms with Crippen molar-refractivity contribution in [2.75, 3.05) is 6.54 Å². The third kappa shape index (κ3) is 4.97. The molecule has 0 aromatic heterocycles. The van der Waals surface area contributed by atoms with Gasteiger partial charge in [0.25, 0.3) is 0 Å². The van der Waals surface area contributed by atoms with E-state index in [0.717, 1.165) is 24.9 Å². The molecule has 0 unspecified atom stereocenters. The monoisotopic (exact) mass is 298 g/mol. The molecule has 0 saturated carbocycles. The predicted molar refractivity (Wildman–Crippen MR) is 75.1 cm³/mol. The smallest absolute Gasteiger partial charge is 0.387 e. The average Bonchev–Trinajstić information content (AvgIpc) is 2.45. The van der Waals surface area contributed by atoms with Crippen LogP contribution in [0.3, 0.4) is 0 Å². The minimum Gasteiger partial charge on any atom is -0.435 e. The van der Waals surface area contributed by atoms with Crippen LogP contribution < -0.4 is 15.4 Å². The zero-order valence-corrected chi connectivity index (χ0v) is 11.9. The number of alkyl halides is 2. The minimum atomic E-state index is -2.82. The fourth-order valence-electron chi connectivity index (χ4n) is 2.49. The average molecular weight is 298 g/mol. The summed E-state index contributed by atoms with van der Waals surface area (Å²) in [6, 6.07) is 6.65. The number of hydrogen-bond acceptors (Lipinski definition) is 3. The molecule has 0 spiro atoms. The highest BCUT2D eigenvalue weighted by Crippen LogP contribution is 2.17. The van der Waals surface area contributed by atoms with E-state index in [0.29, 0.717) is 12.6 Å². The molecule has 116 valence electrons. The van der Waals surface area contributed by atoms with Crippen molar-refractivity contribution in [3.8, 4) is 5.75 Å². The number of amides is 1. The first kappa shape index (κ1) is 15.7. The van der Waals surface area contributed by atoms with Gasteiger partial charge in [0.1, 0.15) is 5.75 Å². The summed E-state index contributed by atoms with van der Waals surface area (Å²) < 4.78 is 28.3. The maximum absolute atomic E-state index is 12.1. The van der Waals surface area contributed by atoms with E-state index < -0.39 is 6.61 Å². The molecular formula is C15H20F2N2O2. The van der Waals surface area contributed by atoms with Crippen LogP contribution in [-0.4, -0.2) is 25.1 Å². The first-order valence-electron chi connectivity index (χ1n) is 7.09. The summed E-state index contributed by atoms with van der Waals surface area (Å²) in [4.78, 5) is 12.1. The molecule has 21 heavy (non-hydrogen) atoms. The van der Waals surface area contributed by atoms with Crippen molar-refractivity contribution in [1.82, 2.24) is 10.6 Å². The molecule has 1 aromatic carbocycles. The minimum absolute atomic E-state index is 0.0442.